The van der Waals surface area contributed by atoms with Crippen molar-refractivity contribution in [3.05, 3.63) is 59.7 Å². The molecule has 5 nitrogen and oxygen atoms in total. The molecule has 0 unspecified atom stereocenters. The Morgan fingerprint density at radius 1 is 1.28 bits per heavy atom. The third-order valence-corrected chi connectivity index (χ3v) is 4.16. The van der Waals surface area contributed by atoms with Crippen molar-refractivity contribution < 1.29 is 18.7 Å². The molecule has 0 aliphatic carbocycles. The van der Waals surface area contributed by atoms with E-state index >= 15 is 0 Å². The van der Waals surface area contributed by atoms with Crippen LogP contribution in [0.2, 0.25) is 0 Å². The van der Waals surface area contributed by atoms with Gasteiger partial charge in [0.15, 0.2) is 0 Å². The summed E-state index contributed by atoms with van der Waals surface area (Å²) in [7, 11) is 0. The summed E-state index contributed by atoms with van der Waals surface area (Å²) in [4.78, 5) is 16.4. The maximum Gasteiger partial charge on any atom is 0.252 e. The Balaban J connectivity index is 1.48. The van der Waals surface area contributed by atoms with Gasteiger partial charge in [-0.2, -0.15) is 0 Å². The number of benzene rings is 1. The Morgan fingerprint density at radius 3 is 2.84 bits per heavy atom. The van der Waals surface area contributed by atoms with Crippen LogP contribution in [0.4, 0.5) is 4.39 Å². The van der Waals surface area contributed by atoms with E-state index in [4.69, 9.17) is 9.47 Å². The molecule has 1 saturated heterocycles. The standard InChI is InChI=1S/C19H21FN2O3/c20-16-2-1-3-18(10-16)25-13-17-5-4-15(12-21-17)19(23)22-11-14-6-8-24-9-7-14/h1-5,10,12,14H,6-9,11,13H2,(H,22,23). The van der Waals surface area contributed by atoms with E-state index in [0.29, 0.717) is 29.5 Å². The molecule has 1 aliphatic heterocycles. The molecule has 0 atom stereocenters. The summed E-state index contributed by atoms with van der Waals surface area (Å²) in [6.07, 6.45) is 3.49. The van der Waals surface area contributed by atoms with E-state index < -0.39 is 0 Å². The van der Waals surface area contributed by atoms with Crippen molar-refractivity contribution in [2.24, 2.45) is 5.92 Å². The van der Waals surface area contributed by atoms with Gasteiger partial charge in [0.05, 0.1) is 11.3 Å². The van der Waals surface area contributed by atoms with E-state index in [1.54, 1.807) is 24.3 Å². The summed E-state index contributed by atoms with van der Waals surface area (Å²) in [6, 6.07) is 9.40. The van der Waals surface area contributed by atoms with Crippen molar-refractivity contribution in [1.82, 2.24) is 10.3 Å². The molecule has 2 aromatic rings. The summed E-state index contributed by atoms with van der Waals surface area (Å²) in [5.74, 6) is 0.447. The quantitative estimate of drug-likeness (QED) is 0.875. The molecule has 1 aromatic carbocycles. The predicted octanol–water partition coefficient (Wildman–Crippen LogP) is 2.96. The van der Waals surface area contributed by atoms with Gasteiger partial charge in [0, 0.05) is 32.0 Å². The van der Waals surface area contributed by atoms with E-state index in [1.807, 2.05) is 0 Å². The van der Waals surface area contributed by atoms with E-state index in [0.717, 1.165) is 26.1 Å². The van der Waals surface area contributed by atoms with Gasteiger partial charge in [0.1, 0.15) is 18.2 Å². The SMILES string of the molecule is O=C(NCC1CCOCC1)c1ccc(COc2cccc(F)c2)nc1. The molecule has 132 valence electrons. The fourth-order valence-corrected chi connectivity index (χ4v) is 2.65. The lowest BCUT2D eigenvalue weighted by Crippen LogP contribution is -2.32. The lowest BCUT2D eigenvalue weighted by Gasteiger charge is -2.22. The van der Waals surface area contributed by atoms with Crippen molar-refractivity contribution in [3.63, 3.8) is 0 Å². The molecule has 1 aromatic heterocycles. The summed E-state index contributed by atoms with van der Waals surface area (Å²) >= 11 is 0. The molecule has 25 heavy (non-hydrogen) atoms. The minimum atomic E-state index is -0.345. The fraction of sp³-hybridized carbons (Fsp3) is 0.368. The van der Waals surface area contributed by atoms with Crippen molar-refractivity contribution in [2.75, 3.05) is 19.8 Å². The number of nitrogens with one attached hydrogen (secondary N) is 1. The van der Waals surface area contributed by atoms with Crippen LogP contribution in [0, 0.1) is 11.7 Å². The van der Waals surface area contributed by atoms with E-state index in [9.17, 15) is 9.18 Å². The number of hydrogen-bond donors (Lipinski definition) is 1. The summed E-state index contributed by atoms with van der Waals surface area (Å²) < 4.78 is 23.9. The van der Waals surface area contributed by atoms with Crippen LogP contribution in [0.3, 0.4) is 0 Å². The van der Waals surface area contributed by atoms with Crippen LogP contribution in [0.1, 0.15) is 28.9 Å². The van der Waals surface area contributed by atoms with E-state index in [2.05, 4.69) is 10.3 Å². The smallest absolute Gasteiger partial charge is 0.252 e. The normalized spacial score (nSPS) is 14.9. The minimum Gasteiger partial charge on any atom is -0.487 e. The predicted molar refractivity (Wildman–Crippen MR) is 90.8 cm³/mol. The molecule has 1 fully saturated rings. The third-order valence-electron chi connectivity index (χ3n) is 4.16. The lowest BCUT2D eigenvalue weighted by atomic mass is 10.0. The molecule has 0 bridgehead atoms. The molecule has 0 saturated carbocycles. The molecule has 6 heteroatoms. The van der Waals surface area contributed by atoms with Gasteiger partial charge < -0.3 is 14.8 Å². The highest BCUT2D eigenvalue weighted by Crippen LogP contribution is 2.15. The van der Waals surface area contributed by atoms with Gasteiger partial charge in [0.25, 0.3) is 5.91 Å². The Kier molecular flexibility index (Phi) is 5.95. The summed E-state index contributed by atoms with van der Waals surface area (Å²) in [5.41, 5.74) is 1.19. The largest absolute Gasteiger partial charge is 0.487 e. The fourth-order valence-electron chi connectivity index (χ4n) is 2.65. The zero-order valence-corrected chi connectivity index (χ0v) is 13.9. The number of aromatic nitrogens is 1. The van der Waals surface area contributed by atoms with Crippen LogP contribution in [0.25, 0.3) is 0 Å². The number of rotatable bonds is 6. The van der Waals surface area contributed by atoms with Gasteiger partial charge in [-0.25, -0.2) is 4.39 Å². The van der Waals surface area contributed by atoms with Crippen molar-refractivity contribution >= 4 is 5.91 Å². The number of hydrogen-bond acceptors (Lipinski definition) is 4. The maximum absolute atomic E-state index is 13.1. The maximum atomic E-state index is 13.1. The number of halogens is 1. The second-order valence-corrected chi connectivity index (χ2v) is 6.05. The monoisotopic (exact) mass is 344 g/mol. The van der Waals surface area contributed by atoms with Gasteiger partial charge in [-0.1, -0.05) is 6.07 Å². The average Bonchev–Trinajstić information content (AvgIpc) is 2.66. The number of ether oxygens (including phenoxy) is 2. The molecule has 0 spiro atoms. The molecular formula is C19H21FN2O3. The Morgan fingerprint density at radius 2 is 2.12 bits per heavy atom. The number of amides is 1. The highest BCUT2D eigenvalue weighted by molar-refractivity contribution is 5.93. The third kappa shape index (κ3) is 5.26. The van der Waals surface area contributed by atoms with Crippen molar-refractivity contribution in [2.45, 2.75) is 19.4 Å². The van der Waals surface area contributed by atoms with Gasteiger partial charge in [-0.3, -0.25) is 9.78 Å². The summed E-state index contributed by atoms with van der Waals surface area (Å²) in [6.45, 7) is 2.41. The van der Waals surface area contributed by atoms with Crippen LogP contribution in [0.5, 0.6) is 5.75 Å². The molecule has 1 aliphatic rings. The van der Waals surface area contributed by atoms with Gasteiger partial charge in [-0.15, -0.1) is 0 Å². The van der Waals surface area contributed by atoms with Gasteiger partial charge in [-0.05, 0) is 43.0 Å². The Labute approximate surface area is 146 Å². The van der Waals surface area contributed by atoms with Gasteiger partial charge >= 0.3 is 0 Å². The minimum absolute atomic E-state index is 0.128. The van der Waals surface area contributed by atoms with E-state index in [1.165, 1.54) is 18.3 Å². The zero-order valence-electron chi connectivity index (χ0n) is 13.9. The van der Waals surface area contributed by atoms with E-state index in [-0.39, 0.29) is 18.3 Å². The zero-order chi connectivity index (χ0) is 17.5. The highest BCUT2D eigenvalue weighted by atomic mass is 19.1. The first-order valence-electron chi connectivity index (χ1n) is 8.40. The van der Waals surface area contributed by atoms with Crippen molar-refractivity contribution in [3.8, 4) is 5.75 Å². The second kappa shape index (κ2) is 8.58. The first-order chi connectivity index (χ1) is 12.2. The molecular weight excluding hydrogens is 323 g/mol. The van der Waals surface area contributed by atoms with Crippen LogP contribution in [-0.2, 0) is 11.3 Å². The molecule has 1 amide bonds. The Bertz CT molecular complexity index is 700. The first-order valence-corrected chi connectivity index (χ1v) is 8.40. The number of carbonyl (C=O) groups excluding carboxylic acids is 1. The average molecular weight is 344 g/mol. The van der Waals surface area contributed by atoms with Crippen LogP contribution >= 0.6 is 0 Å². The lowest BCUT2D eigenvalue weighted by molar-refractivity contribution is 0.0642. The summed E-state index contributed by atoms with van der Waals surface area (Å²) in [5, 5.41) is 2.94. The highest BCUT2D eigenvalue weighted by Gasteiger charge is 2.15. The van der Waals surface area contributed by atoms with Gasteiger partial charge in [0.2, 0.25) is 0 Å². The van der Waals surface area contributed by atoms with Crippen LogP contribution in [0.15, 0.2) is 42.6 Å². The number of nitrogens with zero attached hydrogens (tertiary/aromatic N) is 1. The van der Waals surface area contributed by atoms with Crippen LogP contribution in [-0.4, -0.2) is 30.6 Å². The number of carbonyl (C=O) groups is 1. The Hall–Kier alpha value is -2.47. The van der Waals surface area contributed by atoms with Crippen molar-refractivity contribution in [1.29, 1.82) is 0 Å². The number of pyridine rings is 1. The molecule has 0 radical (unpaired) electrons. The molecule has 2 heterocycles. The van der Waals surface area contributed by atoms with Crippen LogP contribution < -0.4 is 10.1 Å². The topological polar surface area (TPSA) is 60.5 Å². The first kappa shape index (κ1) is 17.4. The molecule has 1 N–H and O–H groups in total. The molecule has 3 rings (SSSR count). The second-order valence-electron chi connectivity index (χ2n) is 6.05.